The van der Waals surface area contributed by atoms with Gasteiger partial charge in [0, 0.05) is 12.1 Å². The summed E-state index contributed by atoms with van der Waals surface area (Å²) >= 11 is 0. The number of halogens is 3. The molecular weight excluding hydrogens is 223 g/mol. The van der Waals surface area contributed by atoms with E-state index >= 15 is 0 Å². The lowest BCUT2D eigenvalue weighted by Gasteiger charge is -2.37. The summed E-state index contributed by atoms with van der Waals surface area (Å²) in [6.45, 7) is 0. The monoisotopic (exact) mass is 237 g/mol. The topological polar surface area (TPSA) is 40.5 Å². The molecule has 0 spiro atoms. The molecular formula is C10H14F3NO2. The Balaban J connectivity index is 2.03. The summed E-state index contributed by atoms with van der Waals surface area (Å²) in [7, 11) is 0. The fourth-order valence-electron chi connectivity index (χ4n) is 2.82. The molecule has 0 radical (unpaired) electrons. The number of aliphatic hydroxyl groups is 1. The van der Waals surface area contributed by atoms with Gasteiger partial charge in [-0.25, -0.2) is 0 Å². The first-order valence-electron chi connectivity index (χ1n) is 5.43. The minimum atomic E-state index is -4.44. The van der Waals surface area contributed by atoms with Gasteiger partial charge >= 0.3 is 6.18 Å². The number of aliphatic hydroxyl groups excluding tert-OH is 1. The highest BCUT2D eigenvalue weighted by Crippen LogP contribution is 2.37. The molecule has 1 amide bonds. The van der Waals surface area contributed by atoms with Crippen molar-refractivity contribution in [2.45, 2.75) is 56.5 Å². The van der Waals surface area contributed by atoms with Crippen molar-refractivity contribution in [3.05, 3.63) is 0 Å². The predicted octanol–water partition coefficient (Wildman–Crippen LogP) is 1.45. The number of nitrogens with zero attached hydrogens (tertiary/aromatic N) is 1. The minimum absolute atomic E-state index is 0.191. The fourth-order valence-corrected chi connectivity index (χ4v) is 2.82. The molecule has 92 valence electrons. The largest absolute Gasteiger partial charge is 0.397 e. The summed E-state index contributed by atoms with van der Waals surface area (Å²) in [4.78, 5) is 12.9. The van der Waals surface area contributed by atoms with Crippen molar-refractivity contribution in [1.29, 1.82) is 0 Å². The second-order valence-corrected chi connectivity index (χ2v) is 4.60. The van der Waals surface area contributed by atoms with Crippen LogP contribution in [0.1, 0.15) is 32.1 Å². The predicted molar refractivity (Wildman–Crippen MR) is 49.6 cm³/mol. The third-order valence-electron chi connectivity index (χ3n) is 3.35. The SMILES string of the molecule is O=C(CC(F)(F)F)N1C2CCC1CC(O)C2. The van der Waals surface area contributed by atoms with Crippen molar-refractivity contribution in [1.82, 2.24) is 4.90 Å². The molecule has 2 atom stereocenters. The molecule has 0 saturated carbocycles. The van der Waals surface area contributed by atoms with Gasteiger partial charge in [0.25, 0.3) is 0 Å². The Morgan fingerprint density at radius 1 is 1.25 bits per heavy atom. The Morgan fingerprint density at radius 3 is 2.19 bits per heavy atom. The summed E-state index contributed by atoms with van der Waals surface area (Å²) in [5.74, 6) is -0.841. The van der Waals surface area contributed by atoms with Crippen LogP contribution >= 0.6 is 0 Å². The molecule has 16 heavy (non-hydrogen) atoms. The summed E-state index contributed by atoms with van der Waals surface area (Å²) in [6.07, 6.45) is -4.02. The van der Waals surface area contributed by atoms with Gasteiger partial charge in [0.1, 0.15) is 6.42 Å². The van der Waals surface area contributed by atoms with E-state index < -0.39 is 24.6 Å². The van der Waals surface area contributed by atoms with E-state index in [4.69, 9.17) is 0 Å². The number of carbonyl (C=O) groups is 1. The van der Waals surface area contributed by atoms with Crippen molar-refractivity contribution in [3.63, 3.8) is 0 Å². The Kier molecular flexibility index (Phi) is 2.86. The maximum Gasteiger partial charge on any atom is 0.397 e. The van der Waals surface area contributed by atoms with E-state index in [0.29, 0.717) is 25.7 Å². The van der Waals surface area contributed by atoms with E-state index in [0.717, 1.165) is 0 Å². The zero-order chi connectivity index (χ0) is 11.9. The molecule has 0 aromatic carbocycles. The molecule has 2 saturated heterocycles. The molecule has 2 bridgehead atoms. The quantitative estimate of drug-likeness (QED) is 0.750. The zero-order valence-corrected chi connectivity index (χ0v) is 8.70. The molecule has 2 aliphatic rings. The zero-order valence-electron chi connectivity index (χ0n) is 8.70. The van der Waals surface area contributed by atoms with Gasteiger partial charge in [-0.2, -0.15) is 13.2 Å². The van der Waals surface area contributed by atoms with Crippen LogP contribution in [-0.4, -0.2) is 40.3 Å². The van der Waals surface area contributed by atoms with Crippen LogP contribution in [0.25, 0.3) is 0 Å². The molecule has 0 aliphatic carbocycles. The average Bonchev–Trinajstić information content (AvgIpc) is 2.36. The lowest BCUT2D eigenvalue weighted by molar-refractivity contribution is -0.165. The first-order valence-corrected chi connectivity index (χ1v) is 5.43. The lowest BCUT2D eigenvalue weighted by Crippen LogP contribution is -2.48. The molecule has 0 aromatic rings. The maximum atomic E-state index is 12.1. The normalized spacial score (nSPS) is 34.2. The summed E-state index contributed by atoms with van der Waals surface area (Å²) in [5, 5.41) is 9.46. The number of piperidine rings is 1. The Morgan fingerprint density at radius 2 is 1.75 bits per heavy atom. The van der Waals surface area contributed by atoms with Crippen LogP contribution in [0.2, 0.25) is 0 Å². The highest BCUT2D eigenvalue weighted by molar-refractivity contribution is 5.78. The number of alkyl halides is 3. The first-order chi connectivity index (χ1) is 7.37. The minimum Gasteiger partial charge on any atom is -0.393 e. The van der Waals surface area contributed by atoms with E-state index in [-0.39, 0.29) is 12.1 Å². The highest BCUT2D eigenvalue weighted by Gasteiger charge is 2.45. The van der Waals surface area contributed by atoms with Crippen LogP contribution in [0.4, 0.5) is 13.2 Å². The van der Waals surface area contributed by atoms with Gasteiger partial charge in [-0.05, 0) is 25.7 Å². The maximum absolute atomic E-state index is 12.1. The van der Waals surface area contributed by atoms with Gasteiger partial charge in [-0.3, -0.25) is 4.79 Å². The van der Waals surface area contributed by atoms with Crippen LogP contribution in [0.5, 0.6) is 0 Å². The van der Waals surface area contributed by atoms with Gasteiger partial charge in [0.05, 0.1) is 6.10 Å². The molecule has 2 unspecified atom stereocenters. The van der Waals surface area contributed by atoms with Crippen LogP contribution in [0.3, 0.4) is 0 Å². The standard InChI is InChI=1S/C10H14F3NO2/c11-10(12,13)5-9(16)14-6-1-2-7(14)4-8(15)3-6/h6-8,15H,1-5H2. The molecule has 3 nitrogen and oxygen atoms in total. The summed E-state index contributed by atoms with van der Waals surface area (Å²) in [5.41, 5.74) is 0. The molecule has 2 fully saturated rings. The van der Waals surface area contributed by atoms with E-state index in [1.807, 2.05) is 0 Å². The van der Waals surface area contributed by atoms with Crippen LogP contribution in [-0.2, 0) is 4.79 Å². The molecule has 0 aromatic heterocycles. The van der Waals surface area contributed by atoms with E-state index in [9.17, 15) is 23.1 Å². The number of hydrogen-bond acceptors (Lipinski definition) is 2. The molecule has 6 heteroatoms. The van der Waals surface area contributed by atoms with E-state index in [1.54, 1.807) is 0 Å². The second kappa shape index (κ2) is 3.91. The number of rotatable bonds is 1. The summed E-state index contributed by atoms with van der Waals surface area (Å²) in [6, 6.07) is -0.382. The molecule has 2 heterocycles. The third-order valence-corrected chi connectivity index (χ3v) is 3.35. The van der Waals surface area contributed by atoms with Crippen molar-refractivity contribution >= 4 is 5.91 Å². The molecule has 1 N–H and O–H groups in total. The van der Waals surface area contributed by atoms with Crippen LogP contribution in [0, 0.1) is 0 Å². The van der Waals surface area contributed by atoms with Crippen LogP contribution < -0.4 is 0 Å². The van der Waals surface area contributed by atoms with Crippen LogP contribution in [0.15, 0.2) is 0 Å². The van der Waals surface area contributed by atoms with E-state index in [1.165, 1.54) is 4.90 Å². The molecule has 2 rings (SSSR count). The Hall–Kier alpha value is -0.780. The van der Waals surface area contributed by atoms with E-state index in [2.05, 4.69) is 0 Å². The first kappa shape index (κ1) is 11.7. The smallest absolute Gasteiger partial charge is 0.393 e. The third kappa shape index (κ3) is 2.31. The van der Waals surface area contributed by atoms with Crippen molar-refractivity contribution in [2.75, 3.05) is 0 Å². The van der Waals surface area contributed by atoms with Gasteiger partial charge in [0.2, 0.25) is 5.91 Å². The average molecular weight is 237 g/mol. The Labute approximate surface area is 91.2 Å². The number of hydrogen-bond donors (Lipinski definition) is 1. The fraction of sp³-hybridized carbons (Fsp3) is 0.900. The second-order valence-electron chi connectivity index (χ2n) is 4.60. The van der Waals surface area contributed by atoms with Gasteiger partial charge in [-0.15, -0.1) is 0 Å². The van der Waals surface area contributed by atoms with Crippen molar-refractivity contribution in [3.8, 4) is 0 Å². The summed E-state index contributed by atoms with van der Waals surface area (Å²) < 4.78 is 36.3. The number of carbonyl (C=O) groups excluding carboxylic acids is 1. The Bertz CT molecular complexity index is 278. The highest BCUT2D eigenvalue weighted by atomic mass is 19.4. The van der Waals surface area contributed by atoms with Gasteiger partial charge in [-0.1, -0.05) is 0 Å². The van der Waals surface area contributed by atoms with Crippen molar-refractivity contribution in [2.24, 2.45) is 0 Å². The number of amides is 1. The van der Waals surface area contributed by atoms with Gasteiger partial charge < -0.3 is 10.0 Å². The lowest BCUT2D eigenvalue weighted by atomic mass is 9.99. The van der Waals surface area contributed by atoms with Gasteiger partial charge in [0.15, 0.2) is 0 Å². The number of fused-ring (bicyclic) bond motifs is 2. The molecule has 2 aliphatic heterocycles. The van der Waals surface area contributed by atoms with Crippen molar-refractivity contribution < 1.29 is 23.1 Å².